The van der Waals surface area contributed by atoms with Gasteiger partial charge in [-0.2, -0.15) is 0 Å². The maximum Gasteiger partial charge on any atom is 0.278 e. The van der Waals surface area contributed by atoms with Gasteiger partial charge in [0.2, 0.25) is 5.43 Å². The Kier molecular flexibility index (Phi) is 4.79. The van der Waals surface area contributed by atoms with Gasteiger partial charge in [-0.15, -0.1) is 0 Å². The number of hydrogen-bond donors (Lipinski definition) is 1. The van der Waals surface area contributed by atoms with Gasteiger partial charge in [0.05, 0.1) is 5.56 Å². The summed E-state index contributed by atoms with van der Waals surface area (Å²) in [5.74, 6) is -2.44. The third-order valence-corrected chi connectivity index (χ3v) is 6.95. The van der Waals surface area contributed by atoms with Crippen molar-refractivity contribution in [3.8, 4) is 5.75 Å². The summed E-state index contributed by atoms with van der Waals surface area (Å²) >= 11 is 0. The first-order chi connectivity index (χ1) is 15.3. The van der Waals surface area contributed by atoms with Crippen LogP contribution in [-0.2, 0) is 6.42 Å². The Bertz CT molecular complexity index is 1190. The van der Waals surface area contributed by atoms with E-state index < -0.39 is 34.5 Å². The van der Waals surface area contributed by atoms with Crippen molar-refractivity contribution in [2.45, 2.75) is 38.8 Å². The van der Waals surface area contributed by atoms with Crippen LogP contribution < -0.4 is 10.4 Å². The molecule has 7 nitrogen and oxygen atoms in total. The third-order valence-electron chi connectivity index (χ3n) is 6.95. The van der Waals surface area contributed by atoms with Crippen molar-refractivity contribution in [1.29, 1.82) is 0 Å². The zero-order valence-electron chi connectivity index (χ0n) is 17.6. The Morgan fingerprint density at radius 3 is 2.66 bits per heavy atom. The number of piperidine rings is 2. The Balaban J connectivity index is 1.50. The first-order valence-corrected chi connectivity index (χ1v) is 10.8. The Morgan fingerprint density at radius 1 is 1.22 bits per heavy atom. The second-order valence-corrected chi connectivity index (χ2v) is 8.80. The molecule has 3 aliphatic heterocycles. The number of nitrogens with zero attached hydrogens (tertiary/aromatic N) is 3. The molecule has 6 rings (SSSR count). The number of halogens is 2. The van der Waals surface area contributed by atoms with E-state index in [2.05, 4.69) is 0 Å². The van der Waals surface area contributed by atoms with Crippen molar-refractivity contribution < 1.29 is 23.5 Å². The van der Waals surface area contributed by atoms with E-state index in [4.69, 9.17) is 0 Å². The molecule has 2 aromatic rings. The average molecular weight is 443 g/mol. The van der Waals surface area contributed by atoms with Crippen molar-refractivity contribution in [3.63, 3.8) is 0 Å². The molecular weight excluding hydrogens is 420 g/mol. The fourth-order valence-corrected chi connectivity index (χ4v) is 5.31. The van der Waals surface area contributed by atoms with Gasteiger partial charge >= 0.3 is 0 Å². The van der Waals surface area contributed by atoms with Crippen LogP contribution in [0.15, 0.2) is 29.2 Å². The van der Waals surface area contributed by atoms with Crippen LogP contribution in [-0.4, -0.2) is 45.6 Å². The highest BCUT2D eigenvalue weighted by Crippen LogP contribution is 2.46. The second kappa shape index (κ2) is 7.43. The Hall–Kier alpha value is -3.23. The summed E-state index contributed by atoms with van der Waals surface area (Å²) in [5.41, 5.74) is -1.13. The number of benzene rings is 1. The summed E-state index contributed by atoms with van der Waals surface area (Å²) in [6, 6.07) is 3.11. The van der Waals surface area contributed by atoms with E-state index in [-0.39, 0.29) is 35.8 Å². The van der Waals surface area contributed by atoms with Gasteiger partial charge in [-0.25, -0.2) is 8.78 Å². The van der Waals surface area contributed by atoms with E-state index in [1.807, 2.05) is 11.9 Å². The molecule has 0 spiro atoms. The minimum absolute atomic E-state index is 0.0219. The zero-order chi connectivity index (χ0) is 22.7. The standard InChI is InChI=1S/C23H23F2N3O4/c1-2-26-22-14-7-12(8-14)10-28(22)27-11-16(20(30)21(31)19(27)23(26)32)18(29)6-4-13-3-5-15(24)9-17(13)25/h3,5,9,11-12,14,22,31H,2,4,6-8,10H2,1H3/t12?,14?,22-/m0/s1. The number of Topliss-reactive ketones (excluding diaryl/α,β-unsaturated/α-hetero) is 1. The highest BCUT2D eigenvalue weighted by molar-refractivity contribution is 6.00. The molecular formula is C23H23F2N3O4. The van der Waals surface area contributed by atoms with Crippen LogP contribution in [0.3, 0.4) is 0 Å². The molecule has 3 fully saturated rings. The number of fused-ring (bicyclic) bond motifs is 1. The number of ketones is 1. The molecule has 4 heterocycles. The quantitative estimate of drug-likeness (QED) is 0.718. The summed E-state index contributed by atoms with van der Waals surface area (Å²) < 4.78 is 28.5. The largest absolute Gasteiger partial charge is 0.502 e. The molecule has 0 unspecified atom stereocenters. The van der Waals surface area contributed by atoms with Crippen LogP contribution in [0.4, 0.5) is 8.78 Å². The molecule has 32 heavy (non-hydrogen) atoms. The van der Waals surface area contributed by atoms with E-state index in [1.54, 1.807) is 4.90 Å². The molecule has 1 aromatic carbocycles. The van der Waals surface area contributed by atoms with Gasteiger partial charge in [0.15, 0.2) is 17.2 Å². The molecule has 2 saturated heterocycles. The number of aromatic nitrogens is 1. The molecule has 1 aromatic heterocycles. The fourth-order valence-electron chi connectivity index (χ4n) is 5.31. The van der Waals surface area contributed by atoms with Crippen molar-refractivity contribution >= 4 is 11.7 Å². The van der Waals surface area contributed by atoms with Crippen molar-refractivity contribution in [1.82, 2.24) is 9.58 Å². The van der Waals surface area contributed by atoms with E-state index in [1.165, 1.54) is 16.9 Å². The predicted molar refractivity (Wildman–Crippen MR) is 111 cm³/mol. The van der Waals surface area contributed by atoms with Crippen molar-refractivity contribution in [2.24, 2.45) is 11.8 Å². The summed E-state index contributed by atoms with van der Waals surface area (Å²) in [6.45, 7) is 2.96. The fraction of sp³-hybridized carbons (Fsp3) is 0.435. The van der Waals surface area contributed by atoms with Gasteiger partial charge < -0.3 is 10.0 Å². The van der Waals surface area contributed by atoms with Crippen molar-refractivity contribution in [2.75, 3.05) is 18.1 Å². The summed E-state index contributed by atoms with van der Waals surface area (Å²) in [5, 5.41) is 12.6. The SMILES string of the molecule is CCN1C(=O)c2c(O)c(=O)c(C(=O)CCc3ccc(F)cc3F)cn2N2CC3CC(C3)[C@@H]12. The van der Waals surface area contributed by atoms with Gasteiger partial charge in [-0.1, -0.05) is 6.07 Å². The van der Waals surface area contributed by atoms with E-state index in [0.29, 0.717) is 24.9 Å². The summed E-state index contributed by atoms with van der Waals surface area (Å²) in [6.07, 6.45) is 3.00. The van der Waals surface area contributed by atoms with Crippen molar-refractivity contribution in [3.05, 3.63) is 63.1 Å². The molecule has 1 amide bonds. The van der Waals surface area contributed by atoms with Gasteiger partial charge in [0.25, 0.3) is 5.91 Å². The average Bonchev–Trinajstić information content (AvgIpc) is 2.74. The monoisotopic (exact) mass is 443 g/mol. The number of amides is 1. The molecule has 4 aliphatic rings. The molecule has 168 valence electrons. The van der Waals surface area contributed by atoms with Gasteiger partial charge in [-0.3, -0.25) is 24.1 Å². The zero-order valence-corrected chi connectivity index (χ0v) is 17.6. The first-order valence-electron chi connectivity index (χ1n) is 10.8. The molecule has 1 aliphatic carbocycles. The van der Waals surface area contributed by atoms with E-state index >= 15 is 0 Å². The normalized spacial score (nSPS) is 23.5. The van der Waals surface area contributed by atoms with Gasteiger partial charge in [-0.05, 0) is 43.7 Å². The third kappa shape index (κ3) is 3.02. The molecule has 2 bridgehead atoms. The summed E-state index contributed by atoms with van der Waals surface area (Å²) in [7, 11) is 0. The molecule has 1 saturated carbocycles. The number of hydrogen-bond acceptors (Lipinski definition) is 5. The Morgan fingerprint density at radius 2 is 1.97 bits per heavy atom. The number of rotatable bonds is 5. The Labute approximate surface area is 182 Å². The summed E-state index contributed by atoms with van der Waals surface area (Å²) in [4.78, 5) is 40.4. The van der Waals surface area contributed by atoms with Crippen LogP contribution in [0, 0.1) is 23.5 Å². The number of carbonyl (C=O) groups is 2. The topological polar surface area (TPSA) is 82.9 Å². The lowest BCUT2D eigenvalue weighted by Gasteiger charge is -2.59. The molecule has 9 heteroatoms. The van der Waals surface area contributed by atoms with Crippen LogP contribution in [0.25, 0.3) is 0 Å². The molecule has 1 N–H and O–H groups in total. The van der Waals surface area contributed by atoms with Crippen LogP contribution in [0.1, 0.15) is 52.6 Å². The highest BCUT2D eigenvalue weighted by Gasteiger charge is 2.52. The van der Waals surface area contributed by atoms with Crippen LogP contribution in [0.2, 0.25) is 0 Å². The molecule has 1 atom stereocenters. The van der Waals surface area contributed by atoms with E-state index in [0.717, 1.165) is 25.0 Å². The maximum absolute atomic E-state index is 13.9. The first kappa shape index (κ1) is 20.7. The maximum atomic E-state index is 13.9. The second-order valence-electron chi connectivity index (χ2n) is 8.80. The minimum atomic E-state index is -0.911. The van der Waals surface area contributed by atoms with Crippen LogP contribution >= 0.6 is 0 Å². The predicted octanol–water partition coefficient (Wildman–Crippen LogP) is 2.43. The lowest BCUT2D eigenvalue weighted by Crippen LogP contribution is -2.70. The lowest BCUT2D eigenvalue weighted by molar-refractivity contribution is -0.00735. The highest BCUT2D eigenvalue weighted by atomic mass is 19.1. The molecule has 0 radical (unpaired) electrons. The van der Waals surface area contributed by atoms with Gasteiger partial charge in [0, 0.05) is 37.7 Å². The van der Waals surface area contributed by atoms with E-state index in [9.17, 15) is 28.3 Å². The van der Waals surface area contributed by atoms with Crippen LogP contribution in [0.5, 0.6) is 5.75 Å². The minimum Gasteiger partial charge on any atom is -0.502 e. The number of aromatic hydroxyl groups is 1. The smallest absolute Gasteiger partial charge is 0.278 e. The number of carbonyl (C=O) groups excluding carboxylic acids is 2. The number of pyridine rings is 1. The van der Waals surface area contributed by atoms with Gasteiger partial charge in [0.1, 0.15) is 17.8 Å². The number of aryl methyl sites for hydroxylation is 1. The lowest BCUT2D eigenvalue weighted by atomic mass is 9.69.